The van der Waals surface area contributed by atoms with Crippen LogP contribution >= 0.6 is 11.6 Å². The molecule has 1 N–H and O–H groups in total. The number of ether oxygens (including phenoxy) is 3. The summed E-state index contributed by atoms with van der Waals surface area (Å²) in [7, 11) is 3.18. The number of carbonyl (C=O) groups excluding carboxylic acids is 1. The minimum Gasteiger partial charge on any atom is -0.493 e. The third kappa shape index (κ3) is 5.34. The predicted octanol–water partition coefficient (Wildman–Crippen LogP) is 3.26. The summed E-state index contributed by atoms with van der Waals surface area (Å²) < 4.78 is 15.9. The molecule has 0 fully saturated rings. The molecule has 1 atom stereocenters. The molecule has 25 heavy (non-hydrogen) atoms. The number of methoxy groups -OCH3 is 2. The number of nitrogens with zero attached hydrogens (tertiary/aromatic N) is 1. The van der Waals surface area contributed by atoms with Crippen LogP contribution in [0.5, 0.6) is 11.5 Å². The van der Waals surface area contributed by atoms with Crippen LogP contribution in [0, 0.1) is 0 Å². The number of amides is 1. The second-order valence-corrected chi connectivity index (χ2v) is 5.74. The lowest BCUT2D eigenvalue weighted by Gasteiger charge is -2.17. The molecular formula is C18H21ClN2O4. The SMILES string of the molecule is COCCOc1ccc([C@@H](C)NC(=O)c2cc(Cl)ccn2)cc1OC. The lowest BCUT2D eigenvalue weighted by Crippen LogP contribution is -2.27. The van der Waals surface area contributed by atoms with E-state index in [0.29, 0.717) is 29.7 Å². The smallest absolute Gasteiger partial charge is 0.270 e. The van der Waals surface area contributed by atoms with E-state index in [1.54, 1.807) is 20.3 Å². The van der Waals surface area contributed by atoms with Crippen LogP contribution in [0.1, 0.15) is 29.0 Å². The first-order valence-electron chi connectivity index (χ1n) is 7.77. The summed E-state index contributed by atoms with van der Waals surface area (Å²) >= 11 is 5.89. The van der Waals surface area contributed by atoms with Crippen LogP contribution in [0.25, 0.3) is 0 Å². The van der Waals surface area contributed by atoms with Crippen LogP contribution in [0.3, 0.4) is 0 Å². The topological polar surface area (TPSA) is 69.7 Å². The van der Waals surface area contributed by atoms with Gasteiger partial charge in [0.15, 0.2) is 11.5 Å². The first-order valence-corrected chi connectivity index (χ1v) is 8.15. The molecule has 0 spiro atoms. The molecular weight excluding hydrogens is 344 g/mol. The number of hydrogen-bond acceptors (Lipinski definition) is 5. The Kier molecular flexibility index (Phi) is 7.03. The molecule has 1 aromatic carbocycles. The van der Waals surface area contributed by atoms with E-state index in [2.05, 4.69) is 10.3 Å². The van der Waals surface area contributed by atoms with E-state index >= 15 is 0 Å². The van der Waals surface area contributed by atoms with Crippen molar-refractivity contribution in [2.45, 2.75) is 13.0 Å². The average Bonchev–Trinajstić information content (AvgIpc) is 2.62. The first kappa shape index (κ1) is 19.0. The highest BCUT2D eigenvalue weighted by Crippen LogP contribution is 2.30. The van der Waals surface area contributed by atoms with Gasteiger partial charge in [0.2, 0.25) is 0 Å². The molecule has 0 bridgehead atoms. The lowest BCUT2D eigenvalue weighted by molar-refractivity contribution is 0.0934. The molecule has 2 aromatic rings. The Morgan fingerprint density at radius 3 is 2.68 bits per heavy atom. The van der Waals surface area contributed by atoms with E-state index in [4.69, 9.17) is 25.8 Å². The number of halogens is 1. The number of aromatic nitrogens is 1. The molecule has 0 radical (unpaired) electrons. The van der Waals surface area contributed by atoms with E-state index in [1.807, 2.05) is 25.1 Å². The summed E-state index contributed by atoms with van der Waals surface area (Å²) in [6.45, 7) is 2.80. The average molecular weight is 365 g/mol. The van der Waals surface area contributed by atoms with Gasteiger partial charge in [-0.25, -0.2) is 0 Å². The van der Waals surface area contributed by atoms with Gasteiger partial charge in [-0.3, -0.25) is 9.78 Å². The molecule has 6 nitrogen and oxygen atoms in total. The number of carbonyl (C=O) groups is 1. The molecule has 0 saturated carbocycles. The van der Waals surface area contributed by atoms with Crippen molar-refractivity contribution in [2.24, 2.45) is 0 Å². The standard InChI is InChI=1S/C18H21ClN2O4/c1-12(21-18(22)15-11-14(19)6-7-20-15)13-4-5-16(17(10-13)24-3)25-9-8-23-2/h4-7,10-12H,8-9H2,1-3H3,(H,21,22)/t12-/m1/s1. The van der Waals surface area contributed by atoms with Crippen LogP contribution in [-0.4, -0.2) is 38.3 Å². The van der Waals surface area contributed by atoms with Gasteiger partial charge in [-0.15, -0.1) is 0 Å². The van der Waals surface area contributed by atoms with Gasteiger partial charge in [0.1, 0.15) is 12.3 Å². The number of pyridine rings is 1. The second-order valence-electron chi connectivity index (χ2n) is 5.31. The molecule has 0 aliphatic rings. The van der Waals surface area contributed by atoms with Crippen LogP contribution in [0.4, 0.5) is 0 Å². The predicted molar refractivity (Wildman–Crippen MR) is 95.5 cm³/mol. The van der Waals surface area contributed by atoms with Crippen molar-refractivity contribution >= 4 is 17.5 Å². The fourth-order valence-corrected chi connectivity index (χ4v) is 2.35. The molecule has 2 rings (SSSR count). The van der Waals surface area contributed by atoms with Crippen LogP contribution in [0.2, 0.25) is 5.02 Å². The Morgan fingerprint density at radius 1 is 1.20 bits per heavy atom. The Balaban J connectivity index is 2.08. The van der Waals surface area contributed by atoms with Gasteiger partial charge in [-0.1, -0.05) is 17.7 Å². The van der Waals surface area contributed by atoms with Crippen molar-refractivity contribution in [3.63, 3.8) is 0 Å². The Labute approximate surface area is 152 Å². The lowest BCUT2D eigenvalue weighted by atomic mass is 10.1. The normalized spacial score (nSPS) is 11.7. The van der Waals surface area contributed by atoms with Gasteiger partial charge in [0, 0.05) is 18.3 Å². The van der Waals surface area contributed by atoms with Gasteiger partial charge in [-0.2, -0.15) is 0 Å². The summed E-state index contributed by atoms with van der Waals surface area (Å²) in [5.74, 6) is 0.920. The Morgan fingerprint density at radius 2 is 2.00 bits per heavy atom. The number of hydrogen-bond donors (Lipinski definition) is 1. The molecule has 0 saturated heterocycles. The Bertz CT molecular complexity index is 724. The molecule has 134 valence electrons. The summed E-state index contributed by atoms with van der Waals surface area (Å²) in [4.78, 5) is 16.3. The molecule has 0 unspecified atom stereocenters. The zero-order chi connectivity index (χ0) is 18.2. The largest absolute Gasteiger partial charge is 0.493 e. The minimum atomic E-state index is -0.297. The molecule has 7 heteroatoms. The highest BCUT2D eigenvalue weighted by molar-refractivity contribution is 6.30. The fraction of sp³-hybridized carbons (Fsp3) is 0.333. The van der Waals surface area contributed by atoms with E-state index in [1.165, 1.54) is 12.3 Å². The second kappa shape index (κ2) is 9.25. The molecule has 0 aliphatic carbocycles. The maximum absolute atomic E-state index is 12.3. The van der Waals surface area contributed by atoms with Crippen molar-refractivity contribution in [1.82, 2.24) is 10.3 Å². The summed E-state index contributed by atoms with van der Waals surface area (Å²) in [5, 5.41) is 3.35. The number of nitrogens with one attached hydrogen (secondary N) is 1. The summed E-state index contributed by atoms with van der Waals surface area (Å²) in [5.41, 5.74) is 1.15. The van der Waals surface area contributed by atoms with Gasteiger partial charge in [0.25, 0.3) is 5.91 Å². The van der Waals surface area contributed by atoms with Crippen molar-refractivity contribution in [3.05, 3.63) is 52.8 Å². The van der Waals surface area contributed by atoms with Gasteiger partial charge in [0.05, 0.1) is 19.8 Å². The first-order chi connectivity index (χ1) is 12.0. The number of rotatable bonds is 8. The minimum absolute atomic E-state index is 0.241. The van der Waals surface area contributed by atoms with E-state index in [0.717, 1.165) is 5.56 Å². The van der Waals surface area contributed by atoms with Gasteiger partial charge < -0.3 is 19.5 Å². The quantitative estimate of drug-likeness (QED) is 0.728. The van der Waals surface area contributed by atoms with Gasteiger partial charge >= 0.3 is 0 Å². The highest BCUT2D eigenvalue weighted by Gasteiger charge is 2.15. The summed E-state index contributed by atoms with van der Waals surface area (Å²) in [6, 6.07) is 8.42. The maximum Gasteiger partial charge on any atom is 0.270 e. The Hall–Kier alpha value is -2.31. The summed E-state index contributed by atoms with van der Waals surface area (Å²) in [6.07, 6.45) is 1.50. The molecule has 1 amide bonds. The van der Waals surface area contributed by atoms with E-state index in [-0.39, 0.29) is 17.6 Å². The van der Waals surface area contributed by atoms with Crippen molar-refractivity contribution in [1.29, 1.82) is 0 Å². The maximum atomic E-state index is 12.3. The van der Waals surface area contributed by atoms with Crippen LogP contribution < -0.4 is 14.8 Å². The zero-order valence-electron chi connectivity index (χ0n) is 14.4. The monoisotopic (exact) mass is 364 g/mol. The van der Waals surface area contributed by atoms with Crippen LogP contribution in [0.15, 0.2) is 36.5 Å². The third-order valence-electron chi connectivity index (χ3n) is 3.53. The van der Waals surface area contributed by atoms with Crippen LogP contribution in [-0.2, 0) is 4.74 Å². The van der Waals surface area contributed by atoms with E-state index < -0.39 is 0 Å². The molecule has 1 aromatic heterocycles. The van der Waals surface area contributed by atoms with Crippen molar-refractivity contribution < 1.29 is 19.0 Å². The molecule has 0 aliphatic heterocycles. The fourth-order valence-electron chi connectivity index (χ4n) is 2.19. The zero-order valence-corrected chi connectivity index (χ0v) is 15.2. The van der Waals surface area contributed by atoms with Gasteiger partial charge in [-0.05, 0) is 36.8 Å². The highest BCUT2D eigenvalue weighted by atomic mass is 35.5. The third-order valence-corrected chi connectivity index (χ3v) is 3.77. The van der Waals surface area contributed by atoms with E-state index in [9.17, 15) is 4.79 Å². The number of benzene rings is 1. The molecule has 1 heterocycles. The van der Waals surface area contributed by atoms with Crippen molar-refractivity contribution in [2.75, 3.05) is 27.4 Å². The van der Waals surface area contributed by atoms with Crippen molar-refractivity contribution in [3.8, 4) is 11.5 Å².